The molecule has 0 spiro atoms. The molecule has 0 radical (unpaired) electrons. The summed E-state index contributed by atoms with van der Waals surface area (Å²) in [6, 6.07) is 6.52. The summed E-state index contributed by atoms with van der Waals surface area (Å²) in [4.78, 5) is 7.90. The summed E-state index contributed by atoms with van der Waals surface area (Å²) >= 11 is 11.9. The quantitative estimate of drug-likeness (QED) is 0.906. The van der Waals surface area contributed by atoms with Crippen molar-refractivity contribution in [1.29, 1.82) is 0 Å². The van der Waals surface area contributed by atoms with Gasteiger partial charge in [-0.05, 0) is 12.1 Å². The monoisotopic (exact) mass is 284 g/mol. The van der Waals surface area contributed by atoms with Gasteiger partial charge in [-0.15, -0.1) is 0 Å². The highest BCUT2D eigenvalue weighted by Crippen LogP contribution is 2.31. The largest absolute Gasteiger partial charge is 0.437 e. The third-order valence-corrected chi connectivity index (χ3v) is 2.63. The number of benzene rings is 1. The highest BCUT2D eigenvalue weighted by atomic mass is 35.5. The Hall–Kier alpha value is -1.72. The van der Waals surface area contributed by atoms with Crippen LogP contribution in [0, 0.1) is 0 Å². The third-order valence-electron chi connectivity index (χ3n) is 2.08. The molecule has 94 valence electrons. The number of nitrogens with zero attached hydrogens (tertiary/aromatic N) is 2. The zero-order valence-corrected chi connectivity index (χ0v) is 11.0. The predicted octanol–water partition coefficient (Wildman–Crippen LogP) is 3.20. The normalized spacial score (nSPS) is 10.2. The van der Waals surface area contributed by atoms with Crippen molar-refractivity contribution in [1.82, 2.24) is 9.97 Å². The van der Waals surface area contributed by atoms with Crippen LogP contribution in [0.15, 0.2) is 24.3 Å². The maximum absolute atomic E-state index is 5.99. The number of aromatic nitrogens is 2. The van der Waals surface area contributed by atoms with E-state index < -0.39 is 0 Å². The van der Waals surface area contributed by atoms with Crippen LogP contribution in [-0.4, -0.2) is 17.0 Å². The molecule has 0 aliphatic rings. The molecule has 1 aromatic heterocycles. The first-order valence-electron chi connectivity index (χ1n) is 5.03. The van der Waals surface area contributed by atoms with Gasteiger partial charge in [0.15, 0.2) is 0 Å². The van der Waals surface area contributed by atoms with Gasteiger partial charge in [-0.25, -0.2) is 0 Å². The number of rotatable bonds is 3. The van der Waals surface area contributed by atoms with E-state index in [2.05, 4.69) is 15.3 Å². The number of halogens is 2. The van der Waals surface area contributed by atoms with Crippen molar-refractivity contribution >= 4 is 35.0 Å². The molecular formula is C11H10Cl2N4O. The molecular weight excluding hydrogens is 275 g/mol. The van der Waals surface area contributed by atoms with Crippen LogP contribution < -0.4 is 15.8 Å². The number of anilines is 2. The lowest BCUT2D eigenvalue weighted by molar-refractivity contribution is 0.463. The Bertz CT molecular complexity index is 577. The highest BCUT2D eigenvalue weighted by Gasteiger charge is 2.07. The van der Waals surface area contributed by atoms with Crippen LogP contribution in [0.4, 0.5) is 11.8 Å². The Kier molecular flexibility index (Phi) is 3.74. The molecule has 2 rings (SSSR count). The van der Waals surface area contributed by atoms with Crippen LogP contribution in [0.25, 0.3) is 0 Å². The molecule has 0 saturated heterocycles. The third kappa shape index (κ3) is 2.94. The van der Waals surface area contributed by atoms with Crippen LogP contribution >= 0.6 is 23.2 Å². The molecule has 18 heavy (non-hydrogen) atoms. The number of nitrogens with two attached hydrogens (primary N) is 1. The molecule has 0 bridgehead atoms. The van der Waals surface area contributed by atoms with Gasteiger partial charge in [-0.3, -0.25) is 0 Å². The molecule has 1 aromatic carbocycles. The van der Waals surface area contributed by atoms with Crippen LogP contribution in [0.1, 0.15) is 0 Å². The zero-order valence-electron chi connectivity index (χ0n) is 9.45. The molecule has 5 nitrogen and oxygen atoms in total. The van der Waals surface area contributed by atoms with E-state index in [9.17, 15) is 0 Å². The Balaban J connectivity index is 2.33. The summed E-state index contributed by atoms with van der Waals surface area (Å²) in [7, 11) is 1.72. The second-order valence-electron chi connectivity index (χ2n) is 3.38. The lowest BCUT2D eigenvalue weighted by atomic mass is 10.3. The van der Waals surface area contributed by atoms with Crippen molar-refractivity contribution in [3.05, 3.63) is 34.3 Å². The summed E-state index contributed by atoms with van der Waals surface area (Å²) < 4.78 is 5.53. The van der Waals surface area contributed by atoms with E-state index >= 15 is 0 Å². The van der Waals surface area contributed by atoms with Gasteiger partial charge in [0, 0.05) is 24.2 Å². The van der Waals surface area contributed by atoms with Crippen molar-refractivity contribution in [2.75, 3.05) is 18.1 Å². The molecule has 1 heterocycles. The fraction of sp³-hybridized carbons (Fsp3) is 0.0909. The van der Waals surface area contributed by atoms with Gasteiger partial charge in [0.05, 0.1) is 5.02 Å². The summed E-state index contributed by atoms with van der Waals surface area (Å²) in [6.45, 7) is 0. The number of ether oxygens (including phenoxy) is 1. The van der Waals surface area contributed by atoms with Gasteiger partial charge in [0.2, 0.25) is 11.8 Å². The van der Waals surface area contributed by atoms with E-state index in [1.54, 1.807) is 31.3 Å². The fourth-order valence-corrected chi connectivity index (χ4v) is 1.61. The van der Waals surface area contributed by atoms with Gasteiger partial charge in [0.25, 0.3) is 0 Å². The van der Waals surface area contributed by atoms with Crippen molar-refractivity contribution in [3.8, 4) is 11.6 Å². The second-order valence-corrected chi connectivity index (χ2v) is 4.22. The first kappa shape index (κ1) is 12.7. The van der Waals surface area contributed by atoms with Crippen LogP contribution in [0.2, 0.25) is 10.0 Å². The Labute approximate surface area is 114 Å². The van der Waals surface area contributed by atoms with Gasteiger partial charge < -0.3 is 15.8 Å². The molecule has 0 saturated carbocycles. The van der Waals surface area contributed by atoms with Gasteiger partial charge >= 0.3 is 0 Å². The molecule has 2 aromatic rings. The first-order chi connectivity index (χ1) is 8.58. The predicted molar refractivity (Wildman–Crippen MR) is 72.5 cm³/mol. The standard InChI is InChI=1S/C11H10Cl2N4O/c1-15-9-5-10(17-11(14)16-9)18-8-4-6(12)2-3-7(8)13/h2-5H,1H3,(H3,14,15,16,17). The van der Waals surface area contributed by atoms with Crippen molar-refractivity contribution < 1.29 is 4.74 Å². The average molecular weight is 285 g/mol. The fourth-order valence-electron chi connectivity index (χ4n) is 1.29. The summed E-state index contributed by atoms with van der Waals surface area (Å²) in [5.41, 5.74) is 5.56. The van der Waals surface area contributed by atoms with Crippen molar-refractivity contribution in [3.63, 3.8) is 0 Å². The summed E-state index contributed by atoms with van der Waals surface area (Å²) in [6.07, 6.45) is 0. The maximum atomic E-state index is 5.99. The van der Waals surface area contributed by atoms with Crippen LogP contribution in [0.5, 0.6) is 11.6 Å². The van der Waals surface area contributed by atoms with Crippen molar-refractivity contribution in [2.45, 2.75) is 0 Å². The lowest BCUT2D eigenvalue weighted by Crippen LogP contribution is -2.01. The van der Waals surface area contributed by atoms with Gasteiger partial charge in [-0.2, -0.15) is 9.97 Å². The summed E-state index contributed by atoms with van der Waals surface area (Å²) in [5.74, 6) is 1.35. The van der Waals surface area contributed by atoms with Crippen LogP contribution in [0.3, 0.4) is 0 Å². The summed E-state index contributed by atoms with van der Waals surface area (Å²) in [5, 5.41) is 3.80. The smallest absolute Gasteiger partial charge is 0.226 e. The molecule has 0 unspecified atom stereocenters. The second kappa shape index (κ2) is 5.29. The van der Waals surface area contributed by atoms with Crippen molar-refractivity contribution in [2.24, 2.45) is 0 Å². The van der Waals surface area contributed by atoms with E-state index in [-0.39, 0.29) is 11.8 Å². The topological polar surface area (TPSA) is 73.1 Å². The molecule has 0 aliphatic heterocycles. The van der Waals surface area contributed by atoms with Crippen LogP contribution in [-0.2, 0) is 0 Å². The number of nitrogens with one attached hydrogen (secondary N) is 1. The Morgan fingerprint density at radius 2 is 2.00 bits per heavy atom. The Morgan fingerprint density at radius 1 is 1.22 bits per heavy atom. The highest BCUT2D eigenvalue weighted by molar-refractivity contribution is 6.34. The molecule has 3 N–H and O–H groups in total. The maximum Gasteiger partial charge on any atom is 0.226 e. The average Bonchev–Trinajstić information content (AvgIpc) is 2.33. The Morgan fingerprint density at radius 3 is 2.72 bits per heavy atom. The van der Waals surface area contributed by atoms with Gasteiger partial charge in [0.1, 0.15) is 11.6 Å². The van der Waals surface area contributed by atoms with E-state index in [0.717, 1.165) is 0 Å². The minimum Gasteiger partial charge on any atom is -0.437 e. The van der Waals surface area contributed by atoms with E-state index in [0.29, 0.717) is 21.6 Å². The number of hydrogen-bond donors (Lipinski definition) is 2. The van der Waals surface area contributed by atoms with E-state index in [1.807, 2.05) is 0 Å². The lowest BCUT2D eigenvalue weighted by Gasteiger charge is -2.08. The number of hydrogen-bond acceptors (Lipinski definition) is 5. The molecule has 0 atom stereocenters. The number of nitrogen functional groups attached to an aromatic ring is 1. The SMILES string of the molecule is CNc1cc(Oc2cc(Cl)ccc2Cl)nc(N)n1. The van der Waals surface area contributed by atoms with E-state index in [1.165, 1.54) is 0 Å². The van der Waals surface area contributed by atoms with Gasteiger partial charge in [-0.1, -0.05) is 23.2 Å². The molecule has 7 heteroatoms. The minimum atomic E-state index is 0.106. The first-order valence-corrected chi connectivity index (χ1v) is 5.79. The molecule has 0 amide bonds. The van der Waals surface area contributed by atoms with E-state index in [4.69, 9.17) is 33.7 Å². The molecule has 0 aliphatic carbocycles. The minimum absolute atomic E-state index is 0.106. The zero-order chi connectivity index (χ0) is 13.1. The molecule has 0 fully saturated rings.